The molecular formula is C14H20Br2N2O. The molecule has 0 amide bonds. The Balaban J connectivity index is 1.91. The minimum Gasteiger partial charge on any atom is -0.497 e. The molecule has 1 saturated heterocycles. The zero-order chi connectivity index (χ0) is 13.7. The predicted molar refractivity (Wildman–Crippen MR) is 86.2 cm³/mol. The number of alkyl halides is 1. The number of rotatable bonds is 5. The highest BCUT2D eigenvalue weighted by atomic mass is 79.9. The van der Waals surface area contributed by atoms with E-state index in [9.17, 15) is 0 Å². The monoisotopic (exact) mass is 390 g/mol. The maximum atomic E-state index is 5.30. The van der Waals surface area contributed by atoms with Crippen LogP contribution in [-0.2, 0) is 6.54 Å². The molecule has 0 saturated carbocycles. The van der Waals surface area contributed by atoms with E-state index in [1.807, 2.05) is 6.07 Å². The van der Waals surface area contributed by atoms with Crippen LogP contribution in [0.4, 0.5) is 0 Å². The summed E-state index contributed by atoms with van der Waals surface area (Å²) in [4.78, 5) is 5.01. The summed E-state index contributed by atoms with van der Waals surface area (Å²) in [6.45, 7) is 6.73. The van der Waals surface area contributed by atoms with Crippen molar-refractivity contribution in [3.05, 3.63) is 28.2 Å². The number of methoxy groups -OCH3 is 1. The van der Waals surface area contributed by atoms with Gasteiger partial charge in [-0.2, -0.15) is 0 Å². The first-order valence-electron chi connectivity index (χ1n) is 6.56. The maximum absolute atomic E-state index is 5.30. The third-order valence-electron chi connectivity index (χ3n) is 3.51. The second-order valence-electron chi connectivity index (χ2n) is 4.76. The Hall–Kier alpha value is -0.100. The van der Waals surface area contributed by atoms with E-state index in [0.717, 1.165) is 54.8 Å². The zero-order valence-corrected chi connectivity index (χ0v) is 14.4. The van der Waals surface area contributed by atoms with Gasteiger partial charge in [0.15, 0.2) is 0 Å². The molecule has 0 radical (unpaired) electrons. The Morgan fingerprint density at radius 1 is 1.16 bits per heavy atom. The van der Waals surface area contributed by atoms with Crippen molar-refractivity contribution in [3.8, 4) is 5.75 Å². The molecule has 1 heterocycles. The summed E-state index contributed by atoms with van der Waals surface area (Å²) in [5.74, 6) is 0.927. The van der Waals surface area contributed by atoms with Crippen LogP contribution in [0.1, 0.15) is 5.56 Å². The second kappa shape index (κ2) is 7.62. The normalized spacial score (nSPS) is 17.6. The Kier molecular flexibility index (Phi) is 6.13. The van der Waals surface area contributed by atoms with Crippen LogP contribution in [-0.4, -0.2) is 55.0 Å². The van der Waals surface area contributed by atoms with Gasteiger partial charge in [0.05, 0.1) is 7.11 Å². The molecule has 1 aliphatic heterocycles. The van der Waals surface area contributed by atoms with Gasteiger partial charge in [-0.3, -0.25) is 9.80 Å². The third kappa shape index (κ3) is 4.45. The molecule has 0 N–H and O–H groups in total. The molecule has 0 spiro atoms. The summed E-state index contributed by atoms with van der Waals surface area (Å²) in [5, 5.41) is 1.06. The van der Waals surface area contributed by atoms with Crippen molar-refractivity contribution in [1.29, 1.82) is 0 Å². The van der Waals surface area contributed by atoms with Crippen molar-refractivity contribution in [1.82, 2.24) is 9.80 Å². The fourth-order valence-electron chi connectivity index (χ4n) is 2.33. The van der Waals surface area contributed by atoms with Crippen LogP contribution in [0.15, 0.2) is 22.7 Å². The average molecular weight is 392 g/mol. The second-order valence-corrected chi connectivity index (χ2v) is 6.41. The van der Waals surface area contributed by atoms with Crippen LogP contribution in [0.3, 0.4) is 0 Å². The largest absolute Gasteiger partial charge is 0.497 e. The van der Waals surface area contributed by atoms with Crippen molar-refractivity contribution in [2.45, 2.75) is 6.54 Å². The van der Waals surface area contributed by atoms with Gasteiger partial charge in [0.2, 0.25) is 0 Å². The van der Waals surface area contributed by atoms with Crippen LogP contribution in [0.5, 0.6) is 5.75 Å². The molecule has 0 aliphatic carbocycles. The lowest BCUT2D eigenvalue weighted by atomic mass is 10.2. The van der Waals surface area contributed by atoms with Gasteiger partial charge in [-0.15, -0.1) is 0 Å². The molecule has 0 unspecified atom stereocenters. The molecule has 1 aromatic rings. The summed E-state index contributed by atoms with van der Waals surface area (Å²) >= 11 is 7.13. The van der Waals surface area contributed by atoms with E-state index in [2.05, 4.69) is 53.8 Å². The molecule has 1 aliphatic rings. The Morgan fingerprint density at radius 2 is 1.84 bits per heavy atom. The fraction of sp³-hybridized carbons (Fsp3) is 0.571. The number of nitrogens with zero attached hydrogens (tertiary/aromatic N) is 2. The summed E-state index contributed by atoms with van der Waals surface area (Å²) in [5.41, 5.74) is 1.30. The summed E-state index contributed by atoms with van der Waals surface area (Å²) < 4.78 is 6.46. The Labute approximate surface area is 132 Å². The quantitative estimate of drug-likeness (QED) is 0.717. The van der Waals surface area contributed by atoms with Crippen molar-refractivity contribution in [3.63, 3.8) is 0 Å². The van der Waals surface area contributed by atoms with E-state index in [1.54, 1.807) is 7.11 Å². The first kappa shape index (κ1) is 15.3. The number of piperazine rings is 1. The zero-order valence-electron chi connectivity index (χ0n) is 11.2. The summed E-state index contributed by atoms with van der Waals surface area (Å²) in [6, 6.07) is 6.17. The Morgan fingerprint density at radius 3 is 2.47 bits per heavy atom. The van der Waals surface area contributed by atoms with Gasteiger partial charge in [0.25, 0.3) is 0 Å². The van der Waals surface area contributed by atoms with Gasteiger partial charge in [-0.05, 0) is 23.8 Å². The van der Waals surface area contributed by atoms with E-state index in [-0.39, 0.29) is 0 Å². The Bertz CT molecular complexity index is 406. The molecule has 1 fully saturated rings. The molecule has 1 aromatic carbocycles. The predicted octanol–water partition coefficient (Wildman–Crippen LogP) is 2.97. The highest BCUT2D eigenvalue weighted by Crippen LogP contribution is 2.24. The summed E-state index contributed by atoms with van der Waals surface area (Å²) in [6.07, 6.45) is 0. The first-order valence-corrected chi connectivity index (χ1v) is 8.47. The van der Waals surface area contributed by atoms with Gasteiger partial charge in [-0.25, -0.2) is 0 Å². The fourth-order valence-corrected chi connectivity index (χ4v) is 3.20. The minimum atomic E-state index is 0.927. The van der Waals surface area contributed by atoms with Crippen LogP contribution < -0.4 is 4.74 Å². The molecule has 5 heteroatoms. The van der Waals surface area contributed by atoms with E-state index >= 15 is 0 Å². The topological polar surface area (TPSA) is 15.7 Å². The van der Waals surface area contributed by atoms with Gasteiger partial charge in [-0.1, -0.05) is 31.9 Å². The summed E-state index contributed by atoms with van der Waals surface area (Å²) in [7, 11) is 1.71. The van der Waals surface area contributed by atoms with Gasteiger partial charge < -0.3 is 4.74 Å². The molecule has 106 valence electrons. The molecule has 0 aromatic heterocycles. The average Bonchev–Trinajstić information content (AvgIpc) is 2.44. The number of ether oxygens (including phenoxy) is 1. The van der Waals surface area contributed by atoms with Crippen LogP contribution in [0.2, 0.25) is 0 Å². The van der Waals surface area contributed by atoms with Crippen LogP contribution in [0, 0.1) is 0 Å². The lowest BCUT2D eigenvalue weighted by Crippen LogP contribution is -2.46. The van der Waals surface area contributed by atoms with E-state index < -0.39 is 0 Å². The van der Waals surface area contributed by atoms with Crippen LogP contribution in [0.25, 0.3) is 0 Å². The van der Waals surface area contributed by atoms with Crippen molar-refractivity contribution >= 4 is 31.9 Å². The first-order chi connectivity index (χ1) is 9.22. The van der Waals surface area contributed by atoms with Crippen molar-refractivity contribution in [2.24, 2.45) is 0 Å². The van der Waals surface area contributed by atoms with E-state index in [1.165, 1.54) is 5.56 Å². The van der Waals surface area contributed by atoms with Crippen molar-refractivity contribution in [2.75, 3.05) is 45.2 Å². The van der Waals surface area contributed by atoms with E-state index in [0.29, 0.717) is 0 Å². The number of benzene rings is 1. The molecule has 0 atom stereocenters. The standard InChI is InChI=1S/C14H20Br2N2O/c1-19-13-2-3-14(16)12(10-13)11-18-8-6-17(5-4-15)7-9-18/h2-3,10H,4-9,11H2,1H3. The highest BCUT2D eigenvalue weighted by molar-refractivity contribution is 9.10. The highest BCUT2D eigenvalue weighted by Gasteiger charge is 2.17. The minimum absolute atomic E-state index is 0.927. The lowest BCUT2D eigenvalue weighted by molar-refractivity contribution is 0.133. The van der Waals surface area contributed by atoms with Crippen molar-refractivity contribution < 1.29 is 4.74 Å². The lowest BCUT2D eigenvalue weighted by Gasteiger charge is -2.34. The molecule has 19 heavy (non-hydrogen) atoms. The van der Waals surface area contributed by atoms with Gasteiger partial charge in [0, 0.05) is 49.1 Å². The third-order valence-corrected chi connectivity index (χ3v) is 4.64. The van der Waals surface area contributed by atoms with E-state index in [4.69, 9.17) is 4.74 Å². The maximum Gasteiger partial charge on any atom is 0.119 e. The van der Waals surface area contributed by atoms with Gasteiger partial charge in [0.1, 0.15) is 5.75 Å². The molecule has 2 rings (SSSR count). The molecule has 0 bridgehead atoms. The van der Waals surface area contributed by atoms with Crippen LogP contribution >= 0.6 is 31.9 Å². The number of halogens is 2. The smallest absolute Gasteiger partial charge is 0.119 e. The SMILES string of the molecule is COc1ccc(Br)c(CN2CCN(CCBr)CC2)c1. The van der Waals surface area contributed by atoms with Gasteiger partial charge >= 0.3 is 0 Å². The number of hydrogen-bond acceptors (Lipinski definition) is 3. The number of hydrogen-bond donors (Lipinski definition) is 0. The molecule has 3 nitrogen and oxygen atoms in total. The molecular weight excluding hydrogens is 372 g/mol.